The zero-order valence-corrected chi connectivity index (χ0v) is 28.2. The highest BCUT2D eigenvalue weighted by Gasteiger charge is 2.17. The summed E-state index contributed by atoms with van der Waals surface area (Å²) in [7, 11) is 0. The van der Waals surface area contributed by atoms with E-state index in [9.17, 15) is 0 Å². The molecule has 0 heterocycles. The Kier molecular flexibility index (Phi) is 7.92. The maximum Gasteiger partial charge on any atom is 0.0467 e. The fourth-order valence-electron chi connectivity index (χ4n) is 7.37. The van der Waals surface area contributed by atoms with Crippen LogP contribution in [0.5, 0.6) is 0 Å². The van der Waals surface area contributed by atoms with Crippen molar-refractivity contribution in [2.75, 3.05) is 4.90 Å². The van der Waals surface area contributed by atoms with Gasteiger partial charge < -0.3 is 4.90 Å². The molecule has 240 valence electrons. The van der Waals surface area contributed by atoms with Crippen molar-refractivity contribution >= 4 is 38.6 Å². The topological polar surface area (TPSA) is 3.24 Å². The van der Waals surface area contributed by atoms with Gasteiger partial charge in [-0.25, -0.2) is 0 Å². The molecule has 0 saturated carbocycles. The molecule has 0 aliphatic rings. The zero-order valence-electron chi connectivity index (χ0n) is 28.2. The van der Waals surface area contributed by atoms with E-state index in [0.29, 0.717) is 0 Å². The summed E-state index contributed by atoms with van der Waals surface area (Å²) in [5.41, 5.74) is 13.0. The van der Waals surface area contributed by atoms with Gasteiger partial charge in [-0.15, -0.1) is 0 Å². The van der Waals surface area contributed by atoms with Gasteiger partial charge in [-0.3, -0.25) is 0 Å². The van der Waals surface area contributed by atoms with Crippen LogP contribution in [0, 0.1) is 0 Å². The molecule has 0 saturated heterocycles. The van der Waals surface area contributed by atoms with Crippen LogP contribution in [-0.2, 0) is 0 Å². The summed E-state index contributed by atoms with van der Waals surface area (Å²) in [6, 6.07) is 76.6. The maximum absolute atomic E-state index is 2.36. The predicted molar refractivity (Wildman–Crippen MR) is 218 cm³/mol. The van der Waals surface area contributed by atoms with Gasteiger partial charge in [0, 0.05) is 17.1 Å². The average Bonchev–Trinajstić information content (AvgIpc) is 3.22. The van der Waals surface area contributed by atoms with Crippen LogP contribution < -0.4 is 4.90 Å². The lowest BCUT2D eigenvalue weighted by Gasteiger charge is -2.26. The van der Waals surface area contributed by atoms with Crippen LogP contribution in [0.25, 0.3) is 66.1 Å². The minimum absolute atomic E-state index is 1.10. The van der Waals surface area contributed by atoms with Gasteiger partial charge in [0.2, 0.25) is 0 Å². The second kappa shape index (κ2) is 13.3. The first kappa shape index (κ1) is 30.4. The number of hydrogen-bond acceptors (Lipinski definition) is 1. The number of anilines is 3. The summed E-state index contributed by atoms with van der Waals surface area (Å²) >= 11 is 0. The molecule has 0 aliphatic heterocycles. The normalized spacial score (nSPS) is 11.1. The quantitative estimate of drug-likeness (QED) is 0.155. The van der Waals surface area contributed by atoms with E-state index in [0.717, 1.165) is 17.1 Å². The monoisotopic (exact) mass is 649 g/mol. The summed E-state index contributed by atoms with van der Waals surface area (Å²) in [5.74, 6) is 0. The molecule has 0 aromatic heterocycles. The lowest BCUT2D eigenvalue weighted by Crippen LogP contribution is -2.10. The number of benzene rings is 9. The van der Waals surface area contributed by atoms with E-state index in [-0.39, 0.29) is 0 Å². The Morgan fingerprint density at radius 3 is 1.39 bits per heavy atom. The van der Waals surface area contributed by atoms with Crippen LogP contribution in [0.4, 0.5) is 17.1 Å². The Morgan fingerprint density at radius 2 is 0.725 bits per heavy atom. The highest BCUT2D eigenvalue weighted by Crippen LogP contribution is 2.43. The summed E-state index contributed by atoms with van der Waals surface area (Å²) in [6.07, 6.45) is 0. The number of fused-ring (bicyclic) bond motifs is 3. The van der Waals surface area contributed by atoms with Gasteiger partial charge in [0.1, 0.15) is 0 Å². The number of hydrogen-bond donors (Lipinski definition) is 0. The standard InChI is InChI=1S/C50H35N/c1-4-14-36(15-5-1)38-26-30-43(31-27-38)51(45-22-12-21-41(34-45)37-16-6-2-7-17-37)44-32-28-40(29-33-44)49-35-42-20-10-11-23-46(42)48-25-13-24-47(50(48)49)39-18-8-3-9-19-39/h1-35H. The largest absolute Gasteiger partial charge is 0.310 e. The lowest BCUT2D eigenvalue weighted by molar-refractivity contribution is 1.28. The van der Waals surface area contributed by atoms with Crippen molar-refractivity contribution in [1.29, 1.82) is 0 Å². The van der Waals surface area contributed by atoms with Crippen molar-refractivity contribution in [3.05, 3.63) is 212 Å². The molecule has 0 amide bonds. The smallest absolute Gasteiger partial charge is 0.0467 e. The van der Waals surface area contributed by atoms with Crippen molar-refractivity contribution in [3.63, 3.8) is 0 Å². The molecule has 9 aromatic rings. The highest BCUT2D eigenvalue weighted by atomic mass is 15.1. The lowest BCUT2D eigenvalue weighted by atomic mass is 9.88. The number of nitrogens with zero attached hydrogens (tertiary/aromatic N) is 1. The second-order valence-electron chi connectivity index (χ2n) is 13.0. The molecule has 9 aromatic carbocycles. The number of rotatable bonds is 7. The third kappa shape index (κ3) is 5.86. The Morgan fingerprint density at radius 1 is 0.255 bits per heavy atom. The molecule has 1 nitrogen and oxygen atoms in total. The first-order valence-electron chi connectivity index (χ1n) is 17.5. The van der Waals surface area contributed by atoms with Crippen molar-refractivity contribution in [2.45, 2.75) is 0 Å². The molecule has 0 unspecified atom stereocenters. The molecule has 0 atom stereocenters. The minimum atomic E-state index is 1.10. The molecule has 0 bridgehead atoms. The highest BCUT2D eigenvalue weighted by molar-refractivity contribution is 6.18. The molecule has 0 aliphatic carbocycles. The van der Waals surface area contributed by atoms with Gasteiger partial charge >= 0.3 is 0 Å². The predicted octanol–water partition coefficient (Wildman–Crippen LogP) is 14.1. The molecule has 9 rings (SSSR count). The van der Waals surface area contributed by atoms with Crippen molar-refractivity contribution in [2.24, 2.45) is 0 Å². The van der Waals surface area contributed by atoms with E-state index in [2.05, 4.69) is 217 Å². The fourth-order valence-corrected chi connectivity index (χ4v) is 7.37. The van der Waals surface area contributed by atoms with Crippen molar-refractivity contribution in [1.82, 2.24) is 0 Å². The molecule has 0 fully saturated rings. The van der Waals surface area contributed by atoms with Gasteiger partial charge in [-0.05, 0) is 109 Å². The maximum atomic E-state index is 2.36. The molecule has 1 heteroatoms. The second-order valence-corrected chi connectivity index (χ2v) is 13.0. The Balaban J connectivity index is 1.19. The third-order valence-corrected chi connectivity index (χ3v) is 9.85. The Hall–Kier alpha value is -6.70. The molecular weight excluding hydrogens is 615 g/mol. The SMILES string of the molecule is c1ccc(-c2ccc(N(c3ccc(-c4cc5ccccc5c5cccc(-c6ccccc6)c45)cc3)c3cccc(-c4ccccc4)c3)cc2)cc1. The van der Waals surface area contributed by atoms with Crippen molar-refractivity contribution in [3.8, 4) is 44.5 Å². The van der Waals surface area contributed by atoms with Gasteiger partial charge in [0.05, 0.1) is 0 Å². The van der Waals surface area contributed by atoms with Gasteiger partial charge in [-0.2, -0.15) is 0 Å². The minimum Gasteiger partial charge on any atom is -0.310 e. The van der Waals surface area contributed by atoms with Crippen LogP contribution in [0.2, 0.25) is 0 Å². The van der Waals surface area contributed by atoms with Crippen LogP contribution >= 0.6 is 0 Å². The molecule has 0 N–H and O–H groups in total. The van der Waals surface area contributed by atoms with Crippen LogP contribution in [0.1, 0.15) is 0 Å². The van der Waals surface area contributed by atoms with E-state index in [1.54, 1.807) is 0 Å². The summed E-state index contributed by atoms with van der Waals surface area (Å²) in [5, 5.41) is 5.06. The molecule has 0 spiro atoms. The summed E-state index contributed by atoms with van der Waals surface area (Å²) in [6.45, 7) is 0. The van der Waals surface area contributed by atoms with Crippen LogP contribution in [-0.4, -0.2) is 0 Å². The summed E-state index contributed by atoms with van der Waals surface area (Å²) < 4.78 is 0. The van der Waals surface area contributed by atoms with E-state index in [1.165, 1.54) is 66.1 Å². The molecular formula is C50H35N. The Bertz CT molecular complexity index is 2590. The van der Waals surface area contributed by atoms with E-state index in [1.807, 2.05) is 0 Å². The van der Waals surface area contributed by atoms with Gasteiger partial charge in [0.25, 0.3) is 0 Å². The molecule has 0 radical (unpaired) electrons. The Labute approximate surface area is 299 Å². The van der Waals surface area contributed by atoms with Crippen molar-refractivity contribution < 1.29 is 0 Å². The first-order valence-corrected chi connectivity index (χ1v) is 17.5. The zero-order chi connectivity index (χ0) is 34.0. The first-order chi connectivity index (χ1) is 25.3. The van der Waals surface area contributed by atoms with Gasteiger partial charge in [-0.1, -0.05) is 170 Å². The molecule has 51 heavy (non-hydrogen) atoms. The van der Waals surface area contributed by atoms with Crippen LogP contribution in [0.3, 0.4) is 0 Å². The summed E-state index contributed by atoms with van der Waals surface area (Å²) in [4.78, 5) is 2.36. The fraction of sp³-hybridized carbons (Fsp3) is 0. The van der Waals surface area contributed by atoms with E-state index in [4.69, 9.17) is 0 Å². The van der Waals surface area contributed by atoms with E-state index >= 15 is 0 Å². The van der Waals surface area contributed by atoms with E-state index < -0.39 is 0 Å². The average molecular weight is 650 g/mol. The van der Waals surface area contributed by atoms with Gasteiger partial charge in [0.15, 0.2) is 0 Å². The third-order valence-electron chi connectivity index (χ3n) is 9.85. The van der Waals surface area contributed by atoms with Crippen LogP contribution in [0.15, 0.2) is 212 Å².